The molecule has 166 valence electrons. The highest BCUT2D eigenvalue weighted by atomic mass is 35.5. The van der Waals surface area contributed by atoms with Crippen molar-refractivity contribution in [1.29, 1.82) is 0 Å². The zero-order valence-electron chi connectivity index (χ0n) is 17.9. The summed E-state index contributed by atoms with van der Waals surface area (Å²) in [5, 5.41) is 6.61. The molecule has 1 saturated heterocycles. The largest absolute Gasteiger partial charge is 0.385 e. The number of rotatable bonds is 9. The van der Waals surface area contributed by atoms with E-state index in [1.807, 2.05) is 30.3 Å². The van der Waals surface area contributed by atoms with E-state index >= 15 is 0 Å². The summed E-state index contributed by atoms with van der Waals surface area (Å²) in [6, 6.07) is 14.9. The third-order valence-electron chi connectivity index (χ3n) is 5.47. The van der Waals surface area contributed by atoms with Crippen molar-refractivity contribution in [2.75, 3.05) is 38.7 Å². The molecule has 2 aromatic rings. The van der Waals surface area contributed by atoms with Gasteiger partial charge in [-0.15, -0.1) is 0 Å². The normalized spacial score (nSPS) is 16.6. The van der Waals surface area contributed by atoms with Crippen LogP contribution in [0.2, 0.25) is 5.02 Å². The minimum Gasteiger partial charge on any atom is -0.385 e. The van der Waals surface area contributed by atoms with Crippen molar-refractivity contribution in [2.45, 2.75) is 25.8 Å². The van der Waals surface area contributed by atoms with Gasteiger partial charge in [-0.25, -0.2) is 0 Å². The predicted octanol–water partition coefficient (Wildman–Crippen LogP) is 3.96. The number of carbonyl (C=O) groups excluding carboxylic acids is 2. The van der Waals surface area contributed by atoms with Gasteiger partial charge < -0.3 is 15.4 Å². The summed E-state index contributed by atoms with van der Waals surface area (Å²) in [6.07, 6.45) is 2.51. The number of carbonyl (C=O) groups is 2. The number of nitrogens with zero attached hydrogens (tertiary/aromatic N) is 1. The van der Waals surface area contributed by atoms with E-state index in [-0.39, 0.29) is 17.7 Å². The van der Waals surface area contributed by atoms with Crippen LogP contribution < -0.4 is 10.6 Å². The second-order valence-electron chi connectivity index (χ2n) is 7.80. The monoisotopic (exact) mass is 443 g/mol. The van der Waals surface area contributed by atoms with Crippen molar-refractivity contribution in [2.24, 2.45) is 5.92 Å². The number of para-hydroxylation sites is 1. The quantitative estimate of drug-likeness (QED) is 0.575. The molecule has 3 rings (SSSR count). The molecule has 6 nitrogen and oxygen atoms in total. The number of halogens is 1. The summed E-state index contributed by atoms with van der Waals surface area (Å²) < 4.78 is 5.01. The number of hydrogen-bond acceptors (Lipinski definition) is 4. The summed E-state index contributed by atoms with van der Waals surface area (Å²) >= 11 is 6.30. The molecule has 0 aliphatic carbocycles. The Hall–Kier alpha value is -2.41. The number of hydrogen-bond donors (Lipinski definition) is 2. The number of anilines is 1. The number of amides is 2. The lowest BCUT2D eigenvalue weighted by Crippen LogP contribution is -2.40. The molecular formula is C24H30ClN3O3. The molecule has 7 heteroatoms. The lowest BCUT2D eigenvalue weighted by Gasteiger charge is -2.32. The van der Waals surface area contributed by atoms with Crippen molar-refractivity contribution < 1.29 is 14.3 Å². The zero-order valence-corrected chi connectivity index (χ0v) is 18.7. The van der Waals surface area contributed by atoms with Crippen molar-refractivity contribution in [3.05, 3.63) is 64.7 Å². The molecule has 1 fully saturated rings. The van der Waals surface area contributed by atoms with E-state index in [0.29, 0.717) is 30.9 Å². The van der Waals surface area contributed by atoms with Crippen LogP contribution in [0.4, 0.5) is 5.69 Å². The van der Waals surface area contributed by atoms with Crippen molar-refractivity contribution in [3.63, 3.8) is 0 Å². The molecule has 0 aromatic heterocycles. The van der Waals surface area contributed by atoms with Crippen LogP contribution >= 0.6 is 11.6 Å². The summed E-state index contributed by atoms with van der Waals surface area (Å²) in [6.45, 7) is 3.45. The van der Waals surface area contributed by atoms with E-state index in [1.54, 1.807) is 25.3 Å². The van der Waals surface area contributed by atoms with Crippen molar-refractivity contribution in [1.82, 2.24) is 10.2 Å². The van der Waals surface area contributed by atoms with Gasteiger partial charge in [-0.1, -0.05) is 41.9 Å². The zero-order chi connectivity index (χ0) is 22.1. The van der Waals surface area contributed by atoms with Gasteiger partial charge >= 0.3 is 0 Å². The summed E-state index contributed by atoms with van der Waals surface area (Å²) in [5.74, 6) is -0.381. The Morgan fingerprint density at radius 2 is 1.94 bits per heavy atom. The molecule has 0 bridgehead atoms. The van der Waals surface area contributed by atoms with Crippen LogP contribution in [0.5, 0.6) is 0 Å². The summed E-state index contributed by atoms with van der Waals surface area (Å²) in [7, 11) is 1.63. The van der Waals surface area contributed by atoms with Gasteiger partial charge in [0.25, 0.3) is 5.91 Å². The highest BCUT2D eigenvalue weighted by Gasteiger charge is 2.27. The highest BCUT2D eigenvalue weighted by Crippen LogP contribution is 2.24. The first-order valence-electron chi connectivity index (χ1n) is 10.7. The van der Waals surface area contributed by atoms with Crippen LogP contribution in [0, 0.1) is 5.92 Å². The Bertz CT molecular complexity index is 890. The van der Waals surface area contributed by atoms with Crippen molar-refractivity contribution >= 4 is 29.1 Å². The molecule has 0 radical (unpaired) electrons. The Kier molecular flexibility index (Phi) is 8.88. The number of ether oxygens (including phenoxy) is 1. The fraction of sp³-hybridized carbons (Fsp3) is 0.417. The average molecular weight is 444 g/mol. The van der Waals surface area contributed by atoms with Crippen molar-refractivity contribution in [3.8, 4) is 0 Å². The van der Waals surface area contributed by atoms with Crippen LogP contribution in [-0.4, -0.2) is 50.1 Å². The molecule has 1 aliphatic rings. The fourth-order valence-electron chi connectivity index (χ4n) is 3.82. The summed E-state index contributed by atoms with van der Waals surface area (Å²) in [5.41, 5.74) is 2.08. The molecule has 31 heavy (non-hydrogen) atoms. The maximum Gasteiger partial charge on any atom is 0.253 e. The Morgan fingerprint density at radius 1 is 1.16 bits per heavy atom. The van der Waals surface area contributed by atoms with Gasteiger partial charge in [0.05, 0.1) is 17.2 Å². The Labute approximate surface area is 188 Å². The van der Waals surface area contributed by atoms with E-state index in [2.05, 4.69) is 15.5 Å². The van der Waals surface area contributed by atoms with E-state index in [4.69, 9.17) is 16.3 Å². The first-order chi connectivity index (χ1) is 15.1. The van der Waals surface area contributed by atoms with Gasteiger partial charge in [-0.2, -0.15) is 0 Å². The fourth-order valence-corrected chi connectivity index (χ4v) is 4.01. The van der Waals surface area contributed by atoms with Gasteiger partial charge in [0.2, 0.25) is 5.91 Å². The number of methoxy groups -OCH3 is 1. The number of likely N-dealkylation sites (tertiary alicyclic amines) is 1. The minimum atomic E-state index is -0.198. The third kappa shape index (κ3) is 6.79. The molecule has 1 aliphatic heterocycles. The average Bonchev–Trinajstić information content (AvgIpc) is 2.79. The van der Waals surface area contributed by atoms with Gasteiger partial charge in [0, 0.05) is 38.4 Å². The predicted molar refractivity (Wildman–Crippen MR) is 123 cm³/mol. The molecule has 2 aromatic carbocycles. The lowest BCUT2D eigenvalue weighted by molar-refractivity contribution is -0.121. The van der Waals surface area contributed by atoms with Crippen LogP contribution in [0.1, 0.15) is 35.2 Å². The van der Waals surface area contributed by atoms with Gasteiger partial charge in [-0.3, -0.25) is 14.5 Å². The molecule has 0 saturated carbocycles. The van der Waals surface area contributed by atoms with E-state index in [1.165, 1.54) is 0 Å². The molecule has 2 amide bonds. The Balaban J connectivity index is 1.59. The molecule has 1 atom stereocenters. The lowest BCUT2D eigenvalue weighted by atomic mass is 9.96. The Morgan fingerprint density at radius 3 is 2.74 bits per heavy atom. The van der Waals surface area contributed by atoms with E-state index in [0.717, 1.165) is 42.9 Å². The number of nitrogens with one attached hydrogen (secondary N) is 2. The van der Waals surface area contributed by atoms with Crippen LogP contribution in [0.3, 0.4) is 0 Å². The molecule has 2 N–H and O–H groups in total. The number of benzene rings is 2. The van der Waals surface area contributed by atoms with Crippen LogP contribution in [0.25, 0.3) is 0 Å². The standard InChI is InChI=1S/C24H30ClN3O3/c1-31-15-7-13-26-24(30)20-10-3-5-12-22(20)27-23(29)19-9-6-14-28(17-19)16-18-8-2-4-11-21(18)25/h2-5,8,10-12,19H,6-7,9,13-17H2,1H3,(H,26,30)(H,27,29)/t19-/m1/s1. The SMILES string of the molecule is COCCCNC(=O)c1ccccc1NC(=O)[C@@H]1CCCN(Cc2ccccc2Cl)C1. The molecule has 0 unspecified atom stereocenters. The third-order valence-corrected chi connectivity index (χ3v) is 5.84. The first kappa shape index (κ1) is 23.3. The second-order valence-corrected chi connectivity index (χ2v) is 8.21. The molecule has 0 spiro atoms. The van der Waals surface area contributed by atoms with Gasteiger partial charge in [-0.05, 0) is 49.6 Å². The first-order valence-corrected chi connectivity index (χ1v) is 11.1. The maximum atomic E-state index is 13.0. The van der Waals surface area contributed by atoms with Gasteiger partial charge in [0.15, 0.2) is 0 Å². The highest BCUT2D eigenvalue weighted by molar-refractivity contribution is 6.31. The topological polar surface area (TPSA) is 70.7 Å². The number of piperidine rings is 1. The van der Waals surface area contributed by atoms with E-state index < -0.39 is 0 Å². The molecular weight excluding hydrogens is 414 g/mol. The maximum absolute atomic E-state index is 13.0. The van der Waals surface area contributed by atoms with Crippen LogP contribution in [-0.2, 0) is 16.1 Å². The van der Waals surface area contributed by atoms with Crippen LogP contribution in [0.15, 0.2) is 48.5 Å². The smallest absolute Gasteiger partial charge is 0.253 e. The minimum absolute atomic E-state index is 0.0523. The summed E-state index contributed by atoms with van der Waals surface area (Å²) in [4.78, 5) is 27.8. The van der Waals surface area contributed by atoms with E-state index in [9.17, 15) is 9.59 Å². The van der Waals surface area contributed by atoms with Gasteiger partial charge in [0.1, 0.15) is 0 Å². The molecule has 1 heterocycles. The second kappa shape index (κ2) is 11.8.